The van der Waals surface area contributed by atoms with Gasteiger partial charge in [0.2, 0.25) is 0 Å². The molecule has 2 unspecified atom stereocenters. The number of quaternary nitrogens is 1. The molecule has 0 radical (unpaired) electrons. The van der Waals surface area contributed by atoms with Crippen molar-refractivity contribution in [1.29, 1.82) is 0 Å². The molecule has 0 aromatic heterocycles. The van der Waals surface area contributed by atoms with Crippen LogP contribution in [0.2, 0.25) is 0 Å². The summed E-state index contributed by atoms with van der Waals surface area (Å²) in [5.41, 5.74) is 4.81. The highest BCUT2D eigenvalue weighted by Crippen LogP contribution is 2.41. The number of hydrogen-bond acceptors (Lipinski definition) is 1. The van der Waals surface area contributed by atoms with Gasteiger partial charge >= 0.3 is 7.05 Å². The summed E-state index contributed by atoms with van der Waals surface area (Å²) in [7, 11) is 0.0825. The largest absolute Gasteiger partial charge is 0.611 e. The first-order valence-electron chi connectivity index (χ1n) is 10.0. The van der Waals surface area contributed by atoms with E-state index < -0.39 is 0 Å². The lowest BCUT2D eigenvalue weighted by molar-refractivity contribution is -0.799. The summed E-state index contributed by atoms with van der Waals surface area (Å²) in [6.07, 6.45) is 2.45. The Hall–Kier alpha value is -2.36. The number of hydrogen-bond donors (Lipinski definition) is 1. The normalized spacial score (nSPS) is 23.4. The SMILES string of the molecule is Cc1ccccc1B1OC(c2ccccc2)(c2ccccc2)C2CCC[NH+]12. The Balaban J connectivity index is 1.71. The van der Waals surface area contributed by atoms with Gasteiger partial charge in [-0.3, -0.25) is 0 Å². The molecule has 1 N–H and O–H groups in total. The maximum atomic E-state index is 7.12. The molecule has 0 saturated carbocycles. The number of rotatable bonds is 3. The smallest absolute Gasteiger partial charge is 0.368 e. The van der Waals surface area contributed by atoms with Crippen LogP contribution in [0.5, 0.6) is 0 Å². The fourth-order valence-corrected chi connectivity index (χ4v) is 5.21. The molecular weight excluding hydrogens is 329 g/mol. The standard InChI is InChI=1S/C24H24BNO/c1-19-11-8-9-16-22(19)25-26-18-10-17-23(26)24(27-25,20-12-4-2-5-13-20)21-14-6-3-7-15-21/h2-9,11-16,23H,10,17-18H2,1H3/p+1. The molecule has 2 fully saturated rings. The highest BCUT2D eigenvalue weighted by Gasteiger charge is 2.64. The Morgan fingerprint density at radius 1 is 0.852 bits per heavy atom. The molecule has 3 aromatic rings. The zero-order chi connectivity index (χ0) is 18.3. The van der Waals surface area contributed by atoms with Crippen LogP contribution in [0.15, 0.2) is 84.9 Å². The van der Waals surface area contributed by atoms with E-state index in [-0.39, 0.29) is 12.7 Å². The second-order valence-electron chi connectivity index (χ2n) is 7.84. The molecule has 2 heterocycles. The predicted molar refractivity (Wildman–Crippen MR) is 110 cm³/mol. The molecule has 3 aromatic carbocycles. The van der Waals surface area contributed by atoms with Crippen LogP contribution in [0.4, 0.5) is 0 Å². The van der Waals surface area contributed by atoms with Crippen molar-refractivity contribution in [3.8, 4) is 0 Å². The van der Waals surface area contributed by atoms with Gasteiger partial charge in [-0.25, -0.2) is 0 Å². The number of benzene rings is 3. The van der Waals surface area contributed by atoms with E-state index in [9.17, 15) is 0 Å². The summed E-state index contributed by atoms with van der Waals surface area (Å²) in [6, 6.07) is 30.8. The average Bonchev–Trinajstić information content (AvgIpc) is 3.32. The van der Waals surface area contributed by atoms with Gasteiger partial charge in [0.05, 0.1) is 6.54 Å². The van der Waals surface area contributed by atoms with Crippen molar-refractivity contribution in [2.75, 3.05) is 6.54 Å². The van der Waals surface area contributed by atoms with Gasteiger partial charge in [-0.1, -0.05) is 84.9 Å². The first-order valence-corrected chi connectivity index (χ1v) is 10.0. The fourth-order valence-electron chi connectivity index (χ4n) is 5.21. The van der Waals surface area contributed by atoms with E-state index in [0.717, 1.165) is 0 Å². The zero-order valence-corrected chi connectivity index (χ0v) is 15.8. The molecule has 5 rings (SSSR count). The summed E-state index contributed by atoms with van der Waals surface area (Å²) < 4.78 is 7.12. The van der Waals surface area contributed by atoms with Crippen molar-refractivity contribution in [1.82, 2.24) is 0 Å². The van der Waals surface area contributed by atoms with Crippen LogP contribution < -0.4 is 10.3 Å². The Morgan fingerprint density at radius 2 is 1.44 bits per heavy atom. The number of aryl methyl sites for hydroxylation is 1. The van der Waals surface area contributed by atoms with Gasteiger partial charge in [0, 0.05) is 18.3 Å². The van der Waals surface area contributed by atoms with Crippen molar-refractivity contribution in [2.24, 2.45) is 0 Å². The Labute approximate surface area is 161 Å². The predicted octanol–water partition coefficient (Wildman–Crippen LogP) is 2.71. The van der Waals surface area contributed by atoms with Gasteiger partial charge < -0.3 is 9.47 Å². The van der Waals surface area contributed by atoms with Crippen LogP contribution in [0.3, 0.4) is 0 Å². The molecule has 134 valence electrons. The fraction of sp³-hybridized carbons (Fsp3) is 0.250. The molecular formula is C24H25BNO+. The van der Waals surface area contributed by atoms with Crippen LogP contribution in [0, 0.1) is 6.92 Å². The van der Waals surface area contributed by atoms with Gasteiger partial charge in [0.15, 0.2) is 5.60 Å². The van der Waals surface area contributed by atoms with E-state index in [2.05, 4.69) is 91.9 Å². The third-order valence-electron chi connectivity index (χ3n) is 6.41. The molecule has 2 nitrogen and oxygen atoms in total. The first-order chi connectivity index (χ1) is 13.3. The van der Waals surface area contributed by atoms with Crippen molar-refractivity contribution in [2.45, 2.75) is 31.4 Å². The molecule has 0 aliphatic carbocycles. The minimum absolute atomic E-state index is 0.0825. The quantitative estimate of drug-likeness (QED) is 0.714. The van der Waals surface area contributed by atoms with E-state index in [0.29, 0.717) is 6.04 Å². The van der Waals surface area contributed by atoms with Crippen molar-refractivity contribution >= 4 is 12.5 Å². The minimum Gasteiger partial charge on any atom is -0.368 e. The van der Waals surface area contributed by atoms with E-state index in [1.165, 1.54) is 41.5 Å². The van der Waals surface area contributed by atoms with E-state index in [1.807, 2.05) is 0 Å². The Morgan fingerprint density at radius 3 is 2.07 bits per heavy atom. The molecule has 0 bridgehead atoms. The molecule has 2 aliphatic rings. The van der Waals surface area contributed by atoms with Crippen molar-refractivity contribution in [3.05, 3.63) is 102 Å². The molecule has 0 spiro atoms. The van der Waals surface area contributed by atoms with Gasteiger partial charge in [0.1, 0.15) is 6.04 Å². The molecule has 2 aliphatic heterocycles. The summed E-state index contributed by atoms with van der Waals surface area (Å²) in [5, 5.41) is 0. The maximum Gasteiger partial charge on any atom is 0.611 e. The van der Waals surface area contributed by atoms with Gasteiger partial charge in [-0.15, -0.1) is 0 Å². The van der Waals surface area contributed by atoms with Crippen molar-refractivity contribution < 1.29 is 9.47 Å². The summed E-state index contributed by atoms with van der Waals surface area (Å²) in [5.74, 6) is 0. The average molecular weight is 354 g/mol. The van der Waals surface area contributed by atoms with Gasteiger partial charge in [-0.2, -0.15) is 0 Å². The topological polar surface area (TPSA) is 13.7 Å². The highest BCUT2D eigenvalue weighted by molar-refractivity contribution is 6.60. The monoisotopic (exact) mass is 354 g/mol. The molecule has 27 heavy (non-hydrogen) atoms. The summed E-state index contributed by atoms with van der Waals surface area (Å²) in [4.78, 5) is 1.58. The second kappa shape index (κ2) is 6.67. The van der Waals surface area contributed by atoms with Gasteiger partial charge in [-0.05, 0) is 23.6 Å². The van der Waals surface area contributed by atoms with Crippen LogP contribution >= 0.6 is 0 Å². The summed E-state index contributed by atoms with van der Waals surface area (Å²) in [6.45, 7) is 3.37. The van der Waals surface area contributed by atoms with E-state index in [4.69, 9.17) is 4.65 Å². The minimum atomic E-state index is -0.388. The van der Waals surface area contributed by atoms with Gasteiger partial charge in [0.25, 0.3) is 0 Å². The third-order valence-corrected chi connectivity index (χ3v) is 6.41. The van der Waals surface area contributed by atoms with Crippen LogP contribution in [0.25, 0.3) is 0 Å². The van der Waals surface area contributed by atoms with Crippen LogP contribution in [-0.2, 0) is 10.3 Å². The second-order valence-corrected chi connectivity index (χ2v) is 7.84. The summed E-state index contributed by atoms with van der Waals surface area (Å²) >= 11 is 0. The number of nitrogens with one attached hydrogen (secondary N) is 1. The maximum absolute atomic E-state index is 7.12. The lowest BCUT2D eigenvalue weighted by Crippen LogP contribution is -3.19. The molecule has 2 atom stereocenters. The Kier molecular flexibility index (Phi) is 4.15. The van der Waals surface area contributed by atoms with Crippen LogP contribution in [0.1, 0.15) is 29.5 Å². The van der Waals surface area contributed by atoms with Crippen molar-refractivity contribution in [3.63, 3.8) is 0 Å². The Bertz CT molecular complexity index is 888. The molecule has 0 amide bonds. The lowest BCUT2D eigenvalue weighted by Gasteiger charge is -2.33. The number of fused-ring (bicyclic) bond motifs is 1. The molecule has 2 saturated heterocycles. The van der Waals surface area contributed by atoms with E-state index >= 15 is 0 Å². The third kappa shape index (κ3) is 2.57. The highest BCUT2D eigenvalue weighted by atomic mass is 16.5. The lowest BCUT2D eigenvalue weighted by atomic mass is 9.70. The zero-order valence-electron chi connectivity index (χ0n) is 15.8. The first kappa shape index (κ1) is 16.8. The molecule has 3 heteroatoms. The van der Waals surface area contributed by atoms with Crippen LogP contribution in [-0.4, -0.2) is 19.6 Å². The van der Waals surface area contributed by atoms with E-state index in [1.54, 1.807) is 4.81 Å².